The maximum absolute atomic E-state index is 12.4. The Balaban J connectivity index is 1.89. The second-order valence-corrected chi connectivity index (χ2v) is 6.54. The van der Waals surface area contributed by atoms with Gasteiger partial charge in [0.25, 0.3) is 11.8 Å². The molecule has 1 fully saturated rings. The molecule has 1 saturated carbocycles. The maximum atomic E-state index is 12.4. The summed E-state index contributed by atoms with van der Waals surface area (Å²) in [6.07, 6.45) is 2.05. The molecule has 1 heterocycles. The molecule has 0 radical (unpaired) electrons. The van der Waals surface area contributed by atoms with E-state index in [4.69, 9.17) is 0 Å². The fourth-order valence-corrected chi connectivity index (χ4v) is 2.66. The van der Waals surface area contributed by atoms with Crippen LogP contribution in [0.25, 0.3) is 5.69 Å². The van der Waals surface area contributed by atoms with Gasteiger partial charge in [-0.1, -0.05) is 19.1 Å². The average Bonchev–Trinajstić information content (AvgIpc) is 3.28. The molecule has 0 unspecified atom stereocenters. The Morgan fingerprint density at radius 1 is 1.20 bits per heavy atom. The summed E-state index contributed by atoms with van der Waals surface area (Å²) in [6.45, 7) is 6.48. The first kappa shape index (κ1) is 17.1. The molecule has 25 heavy (non-hydrogen) atoms. The van der Waals surface area contributed by atoms with Gasteiger partial charge in [-0.3, -0.25) is 9.59 Å². The van der Waals surface area contributed by atoms with Crippen molar-refractivity contribution in [2.24, 2.45) is 0 Å². The van der Waals surface area contributed by atoms with Gasteiger partial charge in [0.1, 0.15) is 0 Å². The highest BCUT2D eigenvalue weighted by molar-refractivity contribution is 5.95. The molecule has 1 aliphatic carbocycles. The second-order valence-electron chi connectivity index (χ2n) is 6.54. The van der Waals surface area contributed by atoms with Crippen LogP contribution in [0.15, 0.2) is 24.3 Å². The Bertz CT molecular complexity index is 775. The van der Waals surface area contributed by atoms with E-state index in [-0.39, 0.29) is 23.8 Å². The fraction of sp³-hybridized carbons (Fsp3) is 0.444. The minimum absolute atomic E-state index is 0.0815. The Hall–Kier alpha value is -2.70. The van der Waals surface area contributed by atoms with Crippen LogP contribution < -0.4 is 10.6 Å². The van der Waals surface area contributed by atoms with Crippen molar-refractivity contribution >= 4 is 11.8 Å². The number of carbonyl (C=O) groups excluding carboxylic acids is 2. The summed E-state index contributed by atoms with van der Waals surface area (Å²) in [4.78, 5) is 24.3. The molecule has 2 amide bonds. The van der Waals surface area contributed by atoms with Gasteiger partial charge < -0.3 is 10.6 Å². The SMILES string of the molecule is CCNC(=O)c1ccc(-n2nnc(C(=O)NC3CC3)c2C(C)C)cc1. The molecule has 3 rings (SSSR count). The Labute approximate surface area is 146 Å². The summed E-state index contributed by atoms with van der Waals surface area (Å²) < 4.78 is 1.67. The summed E-state index contributed by atoms with van der Waals surface area (Å²) in [5, 5.41) is 14.0. The second kappa shape index (κ2) is 7.04. The summed E-state index contributed by atoms with van der Waals surface area (Å²) in [5.74, 6) is -0.198. The lowest BCUT2D eigenvalue weighted by Crippen LogP contribution is -2.27. The van der Waals surface area contributed by atoms with Crippen LogP contribution in [0.2, 0.25) is 0 Å². The van der Waals surface area contributed by atoms with Gasteiger partial charge in [-0.15, -0.1) is 5.10 Å². The Morgan fingerprint density at radius 3 is 2.44 bits per heavy atom. The van der Waals surface area contributed by atoms with Crippen LogP contribution in [0.4, 0.5) is 0 Å². The molecular weight excluding hydrogens is 318 g/mol. The van der Waals surface area contributed by atoms with Crippen LogP contribution in [-0.2, 0) is 0 Å². The summed E-state index contributed by atoms with van der Waals surface area (Å²) in [5.41, 5.74) is 2.50. The van der Waals surface area contributed by atoms with Gasteiger partial charge >= 0.3 is 0 Å². The molecule has 0 bridgehead atoms. The smallest absolute Gasteiger partial charge is 0.274 e. The van der Waals surface area contributed by atoms with Crippen LogP contribution in [0.5, 0.6) is 0 Å². The lowest BCUT2D eigenvalue weighted by atomic mass is 10.1. The van der Waals surface area contributed by atoms with E-state index >= 15 is 0 Å². The van der Waals surface area contributed by atoms with Gasteiger partial charge in [-0.25, -0.2) is 4.68 Å². The number of nitrogens with one attached hydrogen (secondary N) is 2. The van der Waals surface area contributed by atoms with Gasteiger partial charge in [0.05, 0.1) is 11.4 Å². The van der Waals surface area contributed by atoms with E-state index in [1.807, 2.05) is 32.9 Å². The highest BCUT2D eigenvalue weighted by Crippen LogP contribution is 2.24. The molecule has 0 atom stereocenters. The first-order chi connectivity index (χ1) is 12.0. The number of amides is 2. The van der Waals surface area contributed by atoms with Crippen LogP contribution >= 0.6 is 0 Å². The maximum Gasteiger partial charge on any atom is 0.274 e. The number of aromatic nitrogens is 3. The predicted molar refractivity (Wildman–Crippen MR) is 93.9 cm³/mol. The fourth-order valence-electron chi connectivity index (χ4n) is 2.66. The monoisotopic (exact) mass is 341 g/mol. The van der Waals surface area contributed by atoms with Crippen molar-refractivity contribution < 1.29 is 9.59 Å². The standard InChI is InChI=1S/C18H23N5O2/c1-4-19-17(24)12-5-9-14(10-6-12)23-16(11(2)3)15(21-22-23)18(25)20-13-7-8-13/h5-6,9-11,13H,4,7-8H2,1-3H3,(H,19,24)(H,20,25). The average molecular weight is 341 g/mol. The first-order valence-corrected chi connectivity index (χ1v) is 8.66. The molecule has 2 N–H and O–H groups in total. The quantitative estimate of drug-likeness (QED) is 0.841. The summed E-state index contributed by atoms with van der Waals surface area (Å²) >= 11 is 0. The van der Waals surface area contributed by atoms with E-state index in [0.717, 1.165) is 24.2 Å². The summed E-state index contributed by atoms with van der Waals surface area (Å²) in [6, 6.07) is 7.39. The van der Waals surface area contributed by atoms with Crippen molar-refractivity contribution in [3.8, 4) is 5.69 Å². The highest BCUT2D eigenvalue weighted by atomic mass is 16.2. The van der Waals surface area contributed by atoms with Gasteiger partial charge in [-0.2, -0.15) is 0 Å². The van der Waals surface area contributed by atoms with Crippen molar-refractivity contribution in [3.05, 3.63) is 41.2 Å². The van der Waals surface area contributed by atoms with Crippen molar-refractivity contribution in [3.63, 3.8) is 0 Å². The molecule has 7 nitrogen and oxygen atoms in total. The predicted octanol–water partition coefficient (Wildman–Crippen LogP) is 2.03. The van der Waals surface area contributed by atoms with E-state index in [1.54, 1.807) is 16.8 Å². The molecule has 2 aromatic rings. The van der Waals surface area contributed by atoms with Gasteiger partial charge in [-0.05, 0) is 49.9 Å². The van der Waals surface area contributed by atoms with Gasteiger partial charge in [0, 0.05) is 18.2 Å². The van der Waals surface area contributed by atoms with Crippen molar-refractivity contribution in [2.45, 2.75) is 45.6 Å². The zero-order valence-electron chi connectivity index (χ0n) is 14.7. The molecule has 0 saturated heterocycles. The molecule has 1 aliphatic rings. The Kier molecular flexibility index (Phi) is 4.83. The van der Waals surface area contributed by atoms with E-state index < -0.39 is 0 Å². The largest absolute Gasteiger partial charge is 0.352 e. The number of hydrogen-bond donors (Lipinski definition) is 2. The third kappa shape index (κ3) is 3.70. The molecule has 0 aliphatic heterocycles. The van der Waals surface area contributed by atoms with Crippen molar-refractivity contribution in [1.82, 2.24) is 25.6 Å². The van der Waals surface area contributed by atoms with Crippen LogP contribution in [0, 0.1) is 0 Å². The first-order valence-electron chi connectivity index (χ1n) is 8.66. The van der Waals surface area contributed by atoms with Crippen molar-refractivity contribution in [1.29, 1.82) is 0 Å². The van der Waals surface area contributed by atoms with E-state index in [2.05, 4.69) is 20.9 Å². The van der Waals surface area contributed by atoms with Gasteiger partial charge in [0.2, 0.25) is 0 Å². The van der Waals surface area contributed by atoms with Crippen LogP contribution in [0.1, 0.15) is 66.1 Å². The zero-order chi connectivity index (χ0) is 18.0. The van der Waals surface area contributed by atoms with Crippen molar-refractivity contribution in [2.75, 3.05) is 6.54 Å². The molecule has 1 aromatic heterocycles. The minimum atomic E-state index is -0.170. The molecule has 0 spiro atoms. The third-order valence-corrected chi connectivity index (χ3v) is 4.09. The van der Waals surface area contributed by atoms with Crippen LogP contribution in [0.3, 0.4) is 0 Å². The summed E-state index contributed by atoms with van der Waals surface area (Å²) in [7, 11) is 0. The molecular formula is C18H23N5O2. The van der Waals surface area contributed by atoms with Gasteiger partial charge in [0.15, 0.2) is 5.69 Å². The normalized spacial score (nSPS) is 13.8. The Morgan fingerprint density at radius 2 is 1.88 bits per heavy atom. The molecule has 7 heteroatoms. The third-order valence-electron chi connectivity index (χ3n) is 4.09. The number of nitrogens with zero attached hydrogens (tertiary/aromatic N) is 3. The van der Waals surface area contributed by atoms with E-state index in [0.29, 0.717) is 17.8 Å². The lowest BCUT2D eigenvalue weighted by Gasteiger charge is -2.11. The van der Waals surface area contributed by atoms with Crippen LogP contribution in [-0.4, -0.2) is 39.4 Å². The van der Waals surface area contributed by atoms with E-state index in [1.165, 1.54) is 0 Å². The van der Waals surface area contributed by atoms with E-state index in [9.17, 15) is 9.59 Å². The number of hydrogen-bond acceptors (Lipinski definition) is 4. The zero-order valence-corrected chi connectivity index (χ0v) is 14.7. The minimum Gasteiger partial charge on any atom is -0.352 e. The number of carbonyl (C=O) groups is 2. The number of rotatable bonds is 6. The highest BCUT2D eigenvalue weighted by Gasteiger charge is 2.28. The number of benzene rings is 1. The molecule has 1 aromatic carbocycles. The lowest BCUT2D eigenvalue weighted by molar-refractivity contribution is 0.0940. The topological polar surface area (TPSA) is 88.9 Å². The molecule has 132 valence electrons.